The van der Waals surface area contributed by atoms with Crippen LogP contribution in [0, 0.1) is 10.1 Å². The van der Waals surface area contributed by atoms with E-state index in [1.807, 2.05) is 42.3 Å². The number of dihydropyridines is 1. The monoisotopic (exact) mass is 479 g/mol. The molecule has 2 aromatic carbocycles. The smallest absolute Gasteiger partial charge is 0.336 e. The second-order valence-corrected chi connectivity index (χ2v) is 8.33. The van der Waals surface area contributed by atoms with Crippen LogP contribution in [-0.2, 0) is 25.6 Å². The van der Waals surface area contributed by atoms with Crippen molar-refractivity contribution in [3.63, 3.8) is 0 Å². The molecule has 1 unspecified atom stereocenters. The quantitative estimate of drug-likeness (QED) is 0.329. The minimum Gasteiger partial charge on any atom is -0.466 e. The number of nitro benzene ring substituents is 1. The highest BCUT2D eigenvalue weighted by Crippen LogP contribution is 2.39. The van der Waals surface area contributed by atoms with Gasteiger partial charge < -0.3 is 14.8 Å². The molecule has 0 saturated carbocycles. The van der Waals surface area contributed by atoms with Crippen molar-refractivity contribution in [2.45, 2.75) is 26.3 Å². The van der Waals surface area contributed by atoms with Gasteiger partial charge in [-0.3, -0.25) is 15.0 Å². The molecule has 1 atom stereocenters. The summed E-state index contributed by atoms with van der Waals surface area (Å²) in [6.45, 7) is 4.83. The van der Waals surface area contributed by atoms with Crippen LogP contribution in [-0.4, -0.2) is 49.1 Å². The lowest BCUT2D eigenvalue weighted by Crippen LogP contribution is -2.33. The van der Waals surface area contributed by atoms with Gasteiger partial charge in [0.05, 0.1) is 29.1 Å². The van der Waals surface area contributed by atoms with E-state index in [2.05, 4.69) is 5.32 Å². The van der Waals surface area contributed by atoms with E-state index in [0.717, 1.165) is 5.56 Å². The van der Waals surface area contributed by atoms with E-state index in [0.29, 0.717) is 30.0 Å². The Labute approximate surface area is 204 Å². The fraction of sp³-hybridized carbons (Fsp3) is 0.308. The van der Waals surface area contributed by atoms with Crippen molar-refractivity contribution >= 4 is 17.6 Å². The molecule has 0 saturated heterocycles. The maximum atomic E-state index is 13.2. The summed E-state index contributed by atoms with van der Waals surface area (Å²) in [5.41, 5.74) is 3.20. The summed E-state index contributed by atoms with van der Waals surface area (Å²) >= 11 is 0. The van der Waals surface area contributed by atoms with E-state index in [9.17, 15) is 19.7 Å². The summed E-state index contributed by atoms with van der Waals surface area (Å²) in [5.74, 6) is -1.96. The molecular formula is C26H29N3O6. The average molecular weight is 480 g/mol. The second-order valence-electron chi connectivity index (χ2n) is 8.33. The molecule has 2 aromatic rings. The van der Waals surface area contributed by atoms with Gasteiger partial charge in [-0.15, -0.1) is 0 Å². The summed E-state index contributed by atoms with van der Waals surface area (Å²) in [6.07, 6.45) is 0. The van der Waals surface area contributed by atoms with E-state index >= 15 is 0 Å². The van der Waals surface area contributed by atoms with E-state index in [1.165, 1.54) is 19.2 Å². The summed E-state index contributed by atoms with van der Waals surface area (Å²) in [7, 11) is 3.20. The molecule has 9 heteroatoms. The molecule has 35 heavy (non-hydrogen) atoms. The first kappa shape index (κ1) is 25.6. The number of rotatable bonds is 9. The number of non-ortho nitro benzene ring substituents is 1. The molecule has 0 amide bonds. The molecule has 0 aliphatic carbocycles. The van der Waals surface area contributed by atoms with Gasteiger partial charge in [0, 0.05) is 36.6 Å². The van der Waals surface area contributed by atoms with Crippen LogP contribution in [0.1, 0.15) is 30.9 Å². The zero-order valence-corrected chi connectivity index (χ0v) is 20.2. The zero-order valence-electron chi connectivity index (χ0n) is 20.2. The fourth-order valence-corrected chi connectivity index (χ4v) is 4.11. The number of esters is 2. The van der Waals surface area contributed by atoms with Crippen molar-refractivity contribution in [3.05, 3.63) is 98.4 Å². The van der Waals surface area contributed by atoms with Gasteiger partial charge >= 0.3 is 11.9 Å². The van der Waals surface area contributed by atoms with Gasteiger partial charge in [0.25, 0.3) is 5.69 Å². The lowest BCUT2D eigenvalue weighted by atomic mass is 9.80. The Morgan fingerprint density at radius 1 is 1.00 bits per heavy atom. The van der Waals surface area contributed by atoms with Gasteiger partial charge in [0.1, 0.15) is 6.61 Å². The molecule has 1 N–H and O–H groups in total. The van der Waals surface area contributed by atoms with Crippen molar-refractivity contribution in [3.8, 4) is 0 Å². The first-order valence-corrected chi connectivity index (χ1v) is 11.1. The predicted molar refractivity (Wildman–Crippen MR) is 130 cm³/mol. The number of carbonyl (C=O) groups excluding carboxylic acids is 2. The lowest BCUT2D eigenvalue weighted by molar-refractivity contribution is -0.384. The molecule has 1 aliphatic heterocycles. The van der Waals surface area contributed by atoms with Gasteiger partial charge in [-0.05, 0) is 32.0 Å². The van der Waals surface area contributed by atoms with Crippen LogP contribution in [0.4, 0.5) is 5.69 Å². The third-order valence-electron chi connectivity index (χ3n) is 5.82. The van der Waals surface area contributed by atoms with Gasteiger partial charge in [0.15, 0.2) is 0 Å². The molecule has 184 valence electrons. The largest absolute Gasteiger partial charge is 0.466 e. The van der Waals surface area contributed by atoms with Crippen LogP contribution < -0.4 is 5.32 Å². The van der Waals surface area contributed by atoms with E-state index in [1.54, 1.807) is 26.0 Å². The first-order chi connectivity index (χ1) is 16.7. The Morgan fingerprint density at radius 2 is 1.60 bits per heavy atom. The highest BCUT2D eigenvalue weighted by Gasteiger charge is 2.38. The maximum absolute atomic E-state index is 13.2. The molecule has 0 spiro atoms. The molecule has 0 aromatic heterocycles. The van der Waals surface area contributed by atoms with Crippen LogP contribution >= 0.6 is 0 Å². The van der Waals surface area contributed by atoms with Crippen LogP contribution in [0.15, 0.2) is 77.1 Å². The number of nitrogens with one attached hydrogen (secondary N) is 1. The number of ether oxygens (including phenoxy) is 2. The second kappa shape index (κ2) is 11.4. The molecule has 3 rings (SSSR count). The topological polar surface area (TPSA) is 111 Å². The number of methoxy groups -OCH3 is 1. The summed E-state index contributed by atoms with van der Waals surface area (Å²) in [5, 5.41) is 14.2. The Kier molecular flexibility index (Phi) is 8.38. The third kappa shape index (κ3) is 6.13. The Hall–Kier alpha value is -3.98. The molecule has 1 aliphatic rings. The molecule has 0 fully saturated rings. The number of hydrogen-bond acceptors (Lipinski definition) is 8. The minimum absolute atomic E-state index is 0.0886. The number of hydrogen-bond donors (Lipinski definition) is 1. The van der Waals surface area contributed by atoms with Gasteiger partial charge in [0.2, 0.25) is 0 Å². The highest BCUT2D eigenvalue weighted by atomic mass is 16.6. The van der Waals surface area contributed by atoms with Crippen molar-refractivity contribution in [1.82, 2.24) is 10.2 Å². The summed E-state index contributed by atoms with van der Waals surface area (Å²) < 4.78 is 10.6. The highest BCUT2D eigenvalue weighted by molar-refractivity contribution is 5.99. The minimum atomic E-state index is -0.793. The van der Waals surface area contributed by atoms with Crippen LogP contribution in [0.2, 0.25) is 0 Å². The Bertz CT molecular complexity index is 1160. The Balaban J connectivity index is 1.81. The van der Waals surface area contributed by atoms with Gasteiger partial charge in [-0.2, -0.15) is 0 Å². The van der Waals surface area contributed by atoms with E-state index in [-0.39, 0.29) is 23.4 Å². The maximum Gasteiger partial charge on any atom is 0.336 e. The molecular weight excluding hydrogens is 450 g/mol. The van der Waals surface area contributed by atoms with Gasteiger partial charge in [-0.1, -0.05) is 42.5 Å². The van der Waals surface area contributed by atoms with Crippen LogP contribution in [0.5, 0.6) is 0 Å². The molecule has 1 heterocycles. The number of allylic oxidation sites excluding steroid dienone is 2. The average Bonchev–Trinajstić information content (AvgIpc) is 2.83. The SMILES string of the molecule is COC(=O)C1=C(C)NC(C)=C(C(=O)OCCN(C)Cc2ccccc2)C1c1ccc([N+](=O)[O-])cc1. The fourth-order valence-electron chi connectivity index (χ4n) is 4.11. The van der Waals surface area contributed by atoms with Gasteiger partial charge in [-0.25, -0.2) is 9.59 Å². The first-order valence-electron chi connectivity index (χ1n) is 11.1. The number of benzene rings is 2. The number of likely N-dealkylation sites (N-methyl/N-ethyl adjacent to an activating group) is 1. The van der Waals surface area contributed by atoms with Crippen molar-refractivity contribution < 1.29 is 24.0 Å². The van der Waals surface area contributed by atoms with Crippen molar-refractivity contribution in [2.75, 3.05) is 27.3 Å². The van der Waals surface area contributed by atoms with Crippen LogP contribution in [0.3, 0.4) is 0 Å². The predicted octanol–water partition coefficient (Wildman–Crippen LogP) is 3.68. The van der Waals surface area contributed by atoms with E-state index < -0.39 is 22.8 Å². The van der Waals surface area contributed by atoms with E-state index in [4.69, 9.17) is 9.47 Å². The normalized spacial score (nSPS) is 15.6. The molecule has 0 radical (unpaired) electrons. The summed E-state index contributed by atoms with van der Waals surface area (Å²) in [6, 6.07) is 15.7. The third-order valence-corrected chi connectivity index (χ3v) is 5.82. The summed E-state index contributed by atoms with van der Waals surface area (Å²) in [4.78, 5) is 38.6. The zero-order chi connectivity index (χ0) is 25.5. The molecule has 0 bridgehead atoms. The number of nitrogens with zero attached hydrogens (tertiary/aromatic N) is 2. The van der Waals surface area contributed by atoms with Crippen molar-refractivity contribution in [2.24, 2.45) is 0 Å². The lowest BCUT2D eigenvalue weighted by Gasteiger charge is -2.30. The van der Waals surface area contributed by atoms with Crippen LogP contribution in [0.25, 0.3) is 0 Å². The standard InChI is InChI=1S/C26H29N3O6/c1-17-22(25(30)34-4)24(20-10-12-21(13-11-20)29(32)33)23(18(2)27-17)26(31)35-15-14-28(3)16-19-8-6-5-7-9-19/h5-13,24,27H,14-16H2,1-4H3. The number of carbonyl (C=O) groups is 2. The Morgan fingerprint density at radius 3 is 2.17 bits per heavy atom. The van der Waals surface area contributed by atoms with Crippen molar-refractivity contribution in [1.29, 1.82) is 0 Å². The number of nitro groups is 1. The molecule has 9 nitrogen and oxygen atoms in total.